The van der Waals surface area contributed by atoms with Crippen LogP contribution >= 0.6 is 0 Å². The van der Waals surface area contributed by atoms with E-state index in [4.69, 9.17) is 4.74 Å². The monoisotopic (exact) mass is 221 g/mol. The second-order valence-electron chi connectivity index (χ2n) is 4.67. The van der Waals surface area contributed by atoms with Crippen molar-refractivity contribution in [2.45, 2.75) is 34.6 Å². The summed E-state index contributed by atoms with van der Waals surface area (Å²) in [5.41, 5.74) is 3.64. The average Bonchev–Trinajstić information content (AvgIpc) is 2.21. The zero-order valence-electron chi connectivity index (χ0n) is 11.1. The van der Waals surface area contributed by atoms with Gasteiger partial charge in [-0.25, -0.2) is 0 Å². The highest BCUT2D eigenvalue weighted by Gasteiger charge is 2.05. The van der Waals surface area contributed by atoms with Crippen molar-refractivity contribution < 1.29 is 4.74 Å². The molecule has 16 heavy (non-hydrogen) atoms. The minimum absolute atomic E-state index is 0.563. The molecule has 2 nitrogen and oxygen atoms in total. The fourth-order valence-corrected chi connectivity index (χ4v) is 1.58. The lowest BCUT2D eigenvalue weighted by Gasteiger charge is -2.15. The molecule has 0 aromatic heterocycles. The van der Waals surface area contributed by atoms with Crippen LogP contribution in [0, 0.1) is 19.8 Å². The number of hydrogen-bond donors (Lipinski definition) is 1. The van der Waals surface area contributed by atoms with Crippen molar-refractivity contribution >= 4 is 5.69 Å². The molecule has 0 unspecified atom stereocenters. The Morgan fingerprint density at radius 3 is 2.44 bits per heavy atom. The fraction of sp³-hybridized carbons (Fsp3) is 0.571. The van der Waals surface area contributed by atoms with Gasteiger partial charge in [0.15, 0.2) is 0 Å². The van der Waals surface area contributed by atoms with E-state index >= 15 is 0 Å². The van der Waals surface area contributed by atoms with Gasteiger partial charge in [-0.2, -0.15) is 0 Å². The summed E-state index contributed by atoms with van der Waals surface area (Å²) in [4.78, 5) is 0. The fourth-order valence-electron chi connectivity index (χ4n) is 1.58. The predicted molar refractivity (Wildman–Crippen MR) is 70.4 cm³/mol. The molecular weight excluding hydrogens is 198 g/mol. The Labute approximate surface area is 99.0 Å². The maximum atomic E-state index is 5.78. The van der Waals surface area contributed by atoms with Gasteiger partial charge in [0, 0.05) is 12.2 Å². The van der Waals surface area contributed by atoms with E-state index in [9.17, 15) is 0 Å². The van der Waals surface area contributed by atoms with Crippen LogP contribution < -0.4 is 10.1 Å². The molecule has 2 heteroatoms. The van der Waals surface area contributed by atoms with Gasteiger partial charge in [0.05, 0.1) is 6.61 Å². The molecule has 0 bridgehead atoms. The van der Waals surface area contributed by atoms with Gasteiger partial charge in [0.1, 0.15) is 5.75 Å². The lowest BCUT2D eigenvalue weighted by Crippen LogP contribution is -2.06. The van der Waals surface area contributed by atoms with Gasteiger partial charge in [-0.15, -0.1) is 0 Å². The number of nitrogens with one attached hydrogen (secondary N) is 1. The topological polar surface area (TPSA) is 21.3 Å². The largest absolute Gasteiger partial charge is 0.493 e. The summed E-state index contributed by atoms with van der Waals surface area (Å²) in [7, 11) is 0. The Morgan fingerprint density at radius 1 is 1.19 bits per heavy atom. The molecule has 0 aliphatic rings. The summed E-state index contributed by atoms with van der Waals surface area (Å²) in [5, 5.41) is 3.35. The zero-order valence-corrected chi connectivity index (χ0v) is 11.1. The van der Waals surface area contributed by atoms with E-state index in [-0.39, 0.29) is 0 Å². The molecule has 0 amide bonds. The second-order valence-corrected chi connectivity index (χ2v) is 4.67. The Bertz CT molecular complexity index is 345. The summed E-state index contributed by atoms with van der Waals surface area (Å²) in [6, 6.07) is 4.28. The third-order valence-electron chi connectivity index (χ3n) is 2.46. The maximum Gasteiger partial charge on any atom is 0.122 e. The summed E-state index contributed by atoms with van der Waals surface area (Å²) < 4.78 is 5.78. The molecule has 0 spiro atoms. The molecule has 1 aromatic carbocycles. The Hall–Kier alpha value is -1.18. The van der Waals surface area contributed by atoms with Gasteiger partial charge in [-0.1, -0.05) is 13.8 Å². The van der Waals surface area contributed by atoms with Gasteiger partial charge in [0.25, 0.3) is 0 Å². The first-order chi connectivity index (χ1) is 7.54. The van der Waals surface area contributed by atoms with Gasteiger partial charge >= 0.3 is 0 Å². The van der Waals surface area contributed by atoms with Crippen LogP contribution in [0.15, 0.2) is 12.1 Å². The molecule has 0 fully saturated rings. The van der Waals surface area contributed by atoms with E-state index in [0.29, 0.717) is 5.92 Å². The van der Waals surface area contributed by atoms with Crippen molar-refractivity contribution in [1.82, 2.24) is 0 Å². The molecule has 1 aromatic rings. The van der Waals surface area contributed by atoms with Crippen LogP contribution in [0.25, 0.3) is 0 Å². The lowest BCUT2D eigenvalue weighted by atomic mass is 10.1. The van der Waals surface area contributed by atoms with E-state index in [1.54, 1.807) is 0 Å². The van der Waals surface area contributed by atoms with Crippen LogP contribution in [-0.4, -0.2) is 13.2 Å². The lowest BCUT2D eigenvalue weighted by molar-refractivity contribution is 0.269. The molecule has 1 N–H and O–H groups in total. The quantitative estimate of drug-likeness (QED) is 0.817. The third-order valence-corrected chi connectivity index (χ3v) is 2.46. The molecule has 1 rings (SSSR count). The van der Waals surface area contributed by atoms with E-state index in [0.717, 1.165) is 18.9 Å². The molecule has 90 valence electrons. The Kier molecular flexibility index (Phi) is 4.66. The Morgan fingerprint density at radius 2 is 1.88 bits per heavy atom. The summed E-state index contributed by atoms with van der Waals surface area (Å²) in [5.74, 6) is 1.57. The summed E-state index contributed by atoms with van der Waals surface area (Å²) in [6.07, 6.45) is 0. The van der Waals surface area contributed by atoms with Crippen molar-refractivity contribution in [3.63, 3.8) is 0 Å². The molecule has 0 aliphatic heterocycles. The number of benzene rings is 1. The van der Waals surface area contributed by atoms with Crippen LogP contribution in [0.4, 0.5) is 5.69 Å². The van der Waals surface area contributed by atoms with E-state index in [1.807, 2.05) is 0 Å². The highest BCUT2D eigenvalue weighted by molar-refractivity contribution is 5.56. The van der Waals surface area contributed by atoms with Crippen molar-refractivity contribution in [2.24, 2.45) is 5.92 Å². The van der Waals surface area contributed by atoms with E-state index < -0.39 is 0 Å². The number of hydrogen-bond acceptors (Lipinski definition) is 2. The molecule has 0 radical (unpaired) electrons. The molecular formula is C14H23NO. The average molecular weight is 221 g/mol. The van der Waals surface area contributed by atoms with Crippen molar-refractivity contribution in [3.05, 3.63) is 23.3 Å². The Balaban J connectivity index is 2.83. The van der Waals surface area contributed by atoms with E-state index in [2.05, 4.69) is 52.1 Å². The predicted octanol–water partition coefficient (Wildman–Crippen LogP) is 3.77. The molecule has 0 saturated carbocycles. The van der Waals surface area contributed by atoms with Crippen molar-refractivity contribution in [2.75, 3.05) is 18.5 Å². The van der Waals surface area contributed by atoms with E-state index in [1.165, 1.54) is 16.8 Å². The highest BCUT2D eigenvalue weighted by Crippen LogP contribution is 2.26. The third kappa shape index (κ3) is 3.44. The van der Waals surface area contributed by atoms with Gasteiger partial charge in [-0.3, -0.25) is 0 Å². The number of rotatable bonds is 5. The standard InChI is InChI=1S/C14H23NO/c1-6-15-13-7-12(5)14(8-11(13)4)16-9-10(2)3/h7-8,10,15H,6,9H2,1-5H3. The molecule has 0 aliphatic carbocycles. The number of aryl methyl sites for hydroxylation is 2. The smallest absolute Gasteiger partial charge is 0.122 e. The second kappa shape index (κ2) is 5.78. The van der Waals surface area contributed by atoms with Crippen LogP contribution in [0.5, 0.6) is 5.75 Å². The van der Waals surface area contributed by atoms with Crippen LogP contribution in [0.1, 0.15) is 31.9 Å². The molecule has 0 saturated heterocycles. The van der Waals surface area contributed by atoms with Gasteiger partial charge < -0.3 is 10.1 Å². The van der Waals surface area contributed by atoms with Gasteiger partial charge in [0.2, 0.25) is 0 Å². The SMILES string of the molecule is CCNc1cc(C)c(OCC(C)C)cc1C. The highest BCUT2D eigenvalue weighted by atomic mass is 16.5. The first kappa shape index (κ1) is 12.9. The van der Waals surface area contributed by atoms with Crippen LogP contribution in [0.3, 0.4) is 0 Å². The summed E-state index contributed by atoms with van der Waals surface area (Å²) >= 11 is 0. The van der Waals surface area contributed by atoms with Gasteiger partial charge in [-0.05, 0) is 49.9 Å². The van der Waals surface area contributed by atoms with Crippen LogP contribution in [-0.2, 0) is 0 Å². The first-order valence-corrected chi connectivity index (χ1v) is 6.02. The van der Waals surface area contributed by atoms with Crippen molar-refractivity contribution in [3.8, 4) is 5.75 Å². The first-order valence-electron chi connectivity index (χ1n) is 6.02. The summed E-state index contributed by atoms with van der Waals surface area (Å²) in [6.45, 7) is 12.4. The van der Waals surface area contributed by atoms with Crippen molar-refractivity contribution in [1.29, 1.82) is 0 Å². The number of anilines is 1. The normalized spacial score (nSPS) is 10.6. The zero-order chi connectivity index (χ0) is 12.1. The van der Waals surface area contributed by atoms with Crippen LogP contribution in [0.2, 0.25) is 0 Å². The molecule has 0 atom stereocenters. The minimum Gasteiger partial charge on any atom is -0.493 e. The molecule has 0 heterocycles. The number of ether oxygens (including phenoxy) is 1. The maximum absolute atomic E-state index is 5.78. The minimum atomic E-state index is 0.563.